The van der Waals surface area contributed by atoms with E-state index in [0.29, 0.717) is 0 Å². The average molecular weight is 256 g/mol. The van der Waals surface area contributed by atoms with Gasteiger partial charge in [0.15, 0.2) is 0 Å². The molecule has 19 heavy (non-hydrogen) atoms. The number of phenols is 2. The maximum atomic E-state index is 9.64. The van der Waals surface area contributed by atoms with Gasteiger partial charge in [0.05, 0.1) is 7.11 Å². The van der Waals surface area contributed by atoms with Crippen molar-refractivity contribution in [2.75, 3.05) is 7.11 Å². The number of ether oxygens (including phenoxy) is 1. The van der Waals surface area contributed by atoms with Gasteiger partial charge in [-0.05, 0) is 41.8 Å². The SMILES string of the molecule is COc1ccc(/C=C/c2cc(O)cc(O)c2C)cc1. The van der Waals surface area contributed by atoms with Crippen LogP contribution in [0.5, 0.6) is 17.2 Å². The number of phenolic OH excluding ortho intramolecular Hbond substituents is 2. The van der Waals surface area contributed by atoms with E-state index >= 15 is 0 Å². The van der Waals surface area contributed by atoms with E-state index < -0.39 is 0 Å². The van der Waals surface area contributed by atoms with Gasteiger partial charge >= 0.3 is 0 Å². The Morgan fingerprint density at radius 2 is 1.68 bits per heavy atom. The van der Waals surface area contributed by atoms with Crippen LogP contribution in [0.2, 0.25) is 0 Å². The van der Waals surface area contributed by atoms with Crippen molar-refractivity contribution in [2.45, 2.75) is 6.92 Å². The molecule has 0 aliphatic rings. The lowest BCUT2D eigenvalue weighted by molar-refractivity contribution is 0.415. The van der Waals surface area contributed by atoms with Crippen molar-refractivity contribution in [3.05, 3.63) is 53.1 Å². The van der Waals surface area contributed by atoms with Crippen molar-refractivity contribution in [1.29, 1.82) is 0 Å². The zero-order valence-corrected chi connectivity index (χ0v) is 10.9. The molecule has 0 bridgehead atoms. The molecule has 2 N–H and O–H groups in total. The summed E-state index contributed by atoms with van der Waals surface area (Å²) in [5.41, 5.74) is 2.54. The predicted molar refractivity (Wildman–Crippen MR) is 76.4 cm³/mol. The molecule has 0 aliphatic heterocycles. The summed E-state index contributed by atoms with van der Waals surface area (Å²) in [6.07, 6.45) is 3.78. The van der Waals surface area contributed by atoms with Crippen LogP contribution in [0.3, 0.4) is 0 Å². The highest BCUT2D eigenvalue weighted by molar-refractivity contribution is 5.73. The van der Waals surface area contributed by atoms with Crippen molar-refractivity contribution in [2.24, 2.45) is 0 Å². The van der Waals surface area contributed by atoms with Crippen molar-refractivity contribution in [3.63, 3.8) is 0 Å². The molecule has 98 valence electrons. The van der Waals surface area contributed by atoms with E-state index in [9.17, 15) is 10.2 Å². The topological polar surface area (TPSA) is 49.7 Å². The molecule has 0 amide bonds. The Labute approximate surface area is 112 Å². The number of hydrogen-bond acceptors (Lipinski definition) is 3. The minimum absolute atomic E-state index is 0.0532. The van der Waals surface area contributed by atoms with E-state index in [1.807, 2.05) is 43.3 Å². The van der Waals surface area contributed by atoms with Gasteiger partial charge in [0.25, 0.3) is 0 Å². The van der Waals surface area contributed by atoms with E-state index in [1.165, 1.54) is 6.07 Å². The van der Waals surface area contributed by atoms with Crippen LogP contribution >= 0.6 is 0 Å². The number of aromatic hydroxyl groups is 2. The molecule has 0 unspecified atom stereocenters. The molecule has 3 nitrogen and oxygen atoms in total. The second-order valence-corrected chi connectivity index (χ2v) is 4.29. The highest BCUT2D eigenvalue weighted by Gasteiger charge is 2.03. The van der Waals surface area contributed by atoms with Crippen LogP contribution in [0, 0.1) is 6.92 Å². The van der Waals surface area contributed by atoms with Crippen LogP contribution in [0.15, 0.2) is 36.4 Å². The number of hydrogen-bond donors (Lipinski definition) is 2. The molecular weight excluding hydrogens is 240 g/mol. The molecule has 0 heterocycles. The largest absolute Gasteiger partial charge is 0.508 e. The lowest BCUT2D eigenvalue weighted by Gasteiger charge is -2.04. The van der Waals surface area contributed by atoms with E-state index in [1.54, 1.807) is 13.2 Å². The first-order valence-electron chi connectivity index (χ1n) is 5.95. The van der Waals surface area contributed by atoms with Gasteiger partial charge in [0, 0.05) is 6.07 Å². The summed E-state index contributed by atoms with van der Waals surface area (Å²) in [7, 11) is 1.63. The minimum atomic E-state index is 0.0532. The Morgan fingerprint density at radius 1 is 1.00 bits per heavy atom. The third-order valence-electron chi connectivity index (χ3n) is 2.98. The predicted octanol–water partition coefficient (Wildman–Crippen LogP) is 3.59. The normalized spacial score (nSPS) is 10.8. The van der Waals surface area contributed by atoms with Crippen molar-refractivity contribution < 1.29 is 14.9 Å². The van der Waals surface area contributed by atoms with E-state index in [0.717, 1.165) is 22.4 Å². The van der Waals surface area contributed by atoms with Crippen LogP contribution in [-0.2, 0) is 0 Å². The molecule has 0 aliphatic carbocycles. The molecule has 0 atom stereocenters. The Morgan fingerprint density at radius 3 is 2.32 bits per heavy atom. The van der Waals surface area contributed by atoms with Crippen LogP contribution < -0.4 is 4.74 Å². The Bertz CT molecular complexity index is 598. The van der Waals surface area contributed by atoms with Gasteiger partial charge in [0.2, 0.25) is 0 Å². The summed E-state index contributed by atoms with van der Waals surface area (Å²) in [5.74, 6) is 0.954. The summed E-state index contributed by atoms with van der Waals surface area (Å²) >= 11 is 0. The number of rotatable bonds is 3. The minimum Gasteiger partial charge on any atom is -0.508 e. The lowest BCUT2D eigenvalue weighted by Crippen LogP contribution is -1.83. The van der Waals surface area contributed by atoms with E-state index in [2.05, 4.69) is 0 Å². The second-order valence-electron chi connectivity index (χ2n) is 4.29. The zero-order chi connectivity index (χ0) is 13.8. The molecule has 2 aromatic carbocycles. The summed E-state index contributed by atoms with van der Waals surface area (Å²) in [5, 5.41) is 19.1. The van der Waals surface area contributed by atoms with E-state index in [4.69, 9.17) is 4.74 Å². The summed E-state index contributed by atoms with van der Waals surface area (Å²) in [6.45, 7) is 1.81. The number of benzene rings is 2. The van der Waals surface area contributed by atoms with E-state index in [-0.39, 0.29) is 11.5 Å². The maximum Gasteiger partial charge on any atom is 0.122 e. The van der Waals surface area contributed by atoms with Crippen molar-refractivity contribution >= 4 is 12.2 Å². The highest BCUT2D eigenvalue weighted by Crippen LogP contribution is 2.27. The zero-order valence-electron chi connectivity index (χ0n) is 10.9. The van der Waals surface area contributed by atoms with Crippen LogP contribution in [-0.4, -0.2) is 17.3 Å². The smallest absolute Gasteiger partial charge is 0.122 e. The quantitative estimate of drug-likeness (QED) is 0.825. The Balaban J connectivity index is 2.27. The van der Waals surface area contributed by atoms with Gasteiger partial charge in [-0.15, -0.1) is 0 Å². The fourth-order valence-electron chi connectivity index (χ4n) is 1.78. The first kappa shape index (κ1) is 13.0. The molecule has 0 spiro atoms. The highest BCUT2D eigenvalue weighted by atomic mass is 16.5. The molecule has 0 aromatic heterocycles. The van der Waals surface area contributed by atoms with Crippen LogP contribution in [0.1, 0.15) is 16.7 Å². The summed E-state index contributed by atoms with van der Waals surface area (Å²) < 4.78 is 5.09. The maximum absolute atomic E-state index is 9.64. The van der Waals surface area contributed by atoms with Gasteiger partial charge in [-0.1, -0.05) is 24.3 Å². The molecule has 3 heteroatoms. The summed E-state index contributed by atoms with van der Waals surface area (Å²) in [4.78, 5) is 0. The summed E-state index contributed by atoms with van der Waals surface area (Å²) in [6, 6.07) is 10.6. The van der Waals surface area contributed by atoms with Crippen molar-refractivity contribution in [1.82, 2.24) is 0 Å². The lowest BCUT2D eigenvalue weighted by atomic mass is 10.1. The van der Waals surface area contributed by atoms with Crippen LogP contribution in [0.25, 0.3) is 12.2 Å². The first-order chi connectivity index (χ1) is 9.10. The molecule has 0 saturated heterocycles. The van der Waals surface area contributed by atoms with Gasteiger partial charge in [-0.2, -0.15) is 0 Å². The first-order valence-corrected chi connectivity index (χ1v) is 5.95. The van der Waals surface area contributed by atoms with Gasteiger partial charge in [-0.3, -0.25) is 0 Å². The molecule has 0 saturated carbocycles. The molecule has 2 aromatic rings. The van der Waals surface area contributed by atoms with Gasteiger partial charge in [0.1, 0.15) is 17.2 Å². The van der Waals surface area contributed by atoms with Crippen molar-refractivity contribution in [3.8, 4) is 17.2 Å². The average Bonchev–Trinajstić information content (AvgIpc) is 2.41. The fourth-order valence-corrected chi connectivity index (χ4v) is 1.78. The van der Waals surface area contributed by atoms with Gasteiger partial charge < -0.3 is 14.9 Å². The Hall–Kier alpha value is -2.42. The monoisotopic (exact) mass is 256 g/mol. The molecule has 2 rings (SSSR count). The number of methoxy groups -OCH3 is 1. The molecule has 0 radical (unpaired) electrons. The second kappa shape index (κ2) is 5.48. The molecular formula is C16H16O3. The van der Waals surface area contributed by atoms with Crippen LogP contribution in [0.4, 0.5) is 0 Å². The third kappa shape index (κ3) is 3.07. The molecule has 0 fully saturated rings. The third-order valence-corrected chi connectivity index (χ3v) is 2.98. The Kier molecular flexibility index (Phi) is 3.76. The standard InChI is InChI=1S/C16H16O3/c1-11-13(9-14(17)10-16(11)18)6-3-12-4-7-15(19-2)8-5-12/h3-10,17-18H,1-2H3/b6-3+. The fraction of sp³-hybridized carbons (Fsp3) is 0.125. The van der Waals surface area contributed by atoms with Gasteiger partial charge in [-0.25, -0.2) is 0 Å².